The first-order valence-electron chi connectivity index (χ1n) is 11.1. The molecular formula is C25H28N4O3. The molecule has 3 aromatic rings. The molecule has 2 N–H and O–H groups in total. The van der Waals surface area contributed by atoms with Gasteiger partial charge in [-0.2, -0.15) is 0 Å². The van der Waals surface area contributed by atoms with Crippen LogP contribution in [0.15, 0.2) is 65.6 Å². The Morgan fingerprint density at radius 3 is 2.50 bits per heavy atom. The van der Waals surface area contributed by atoms with Crippen LogP contribution in [0.4, 0.5) is 0 Å². The van der Waals surface area contributed by atoms with Crippen LogP contribution < -0.4 is 5.69 Å². The largest absolute Gasteiger partial charge is 0.341 e. The number of benzene rings is 2. The van der Waals surface area contributed by atoms with E-state index in [4.69, 9.17) is 0 Å². The molecule has 0 saturated carbocycles. The lowest BCUT2D eigenvalue weighted by molar-refractivity contribution is -0.134. The van der Waals surface area contributed by atoms with E-state index in [2.05, 4.69) is 34.2 Å². The SMILES string of the molecule is CCCN1CCN(C(=O)c2c[nH]c(=O)[nH]2)C[C@H](Cc2ccccc2-c2ccccc2)C1=O. The number of nitrogens with zero attached hydrogens (tertiary/aromatic N) is 2. The van der Waals surface area contributed by atoms with Crippen molar-refractivity contribution in [3.05, 3.63) is 82.5 Å². The summed E-state index contributed by atoms with van der Waals surface area (Å²) in [6.45, 7) is 3.96. The van der Waals surface area contributed by atoms with Crippen LogP contribution in [-0.4, -0.2) is 57.8 Å². The second-order valence-electron chi connectivity index (χ2n) is 8.16. The smallest absolute Gasteiger partial charge is 0.323 e. The number of aromatic amines is 2. The van der Waals surface area contributed by atoms with Gasteiger partial charge in [0.25, 0.3) is 5.91 Å². The minimum atomic E-state index is -0.416. The number of hydrogen-bond acceptors (Lipinski definition) is 3. The lowest BCUT2D eigenvalue weighted by atomic mass is 9.91. The zero-order chi connectivity index (χ0) is 22.5. The van der Waals surface area contributed by atoms with Gasteiger partial charge in [0.15, 0.2) is 0 Å². The van der Waals surface area contributed by atoms with Crippen molar-refractivity contribution < 1.29 is 9.59 Å². The Morgan fingerprint density at radius 2 is 1.78 bits per heavy atom. The van der Waals surface area contributed by atoms with Gasteiger partial charge in [-0.1, -0.05) is 61.5 Å². The fraction of sp³-hybridized carbons (Fsp3) is 0.320. The Morgan fingerprint density at radius 1 is 1.03 bits per heavy atom. The average molecular weight is 433 g/mol. The van der Waals surface area contributed by atoms with Crippen molar-refractivity contribution in [3.63, 3.8) is 0 Å². The van der Waals surface area contributed by atoms with Crippen LogP contribution in [0.2, 0.25) is 0 Å². The van der Waals surface area contributed by atoms with E-state index in [0.29, 0.717) is 32.6 Å². The Hall–Kier alpha value is -3.61. The van der Waals surface area contributed by atoms with Crippen molar-refractivity contribution in [2.24, 2.45) is 5.92 Å². The molecule has 1 atom stereocenters. The number of carbonyl (C=O) groups excluding carboxylic acids is 2. The molecule has 1 fully saturated rings. The Bertz CT molecular complexity index is 1140. The van der Waals surface area contributed by atoms with Crippen molar-refractivity contribution in [3.8, 4) is 11.1 Å². The predicted octanol–water partition coefficient (Wildman–Crippen LogP) is 2.92. The molecule has 4 rings (SSSR count). The number of nitrogens with one attached hydrogen (secondary N) is 2. The summed E-state index contributed by atoms with van der Waals surface area (Å²) in [6.07, 6.45) is 2.79. The van der Waals surface area contributed by atoms with E-state index in [1.54, 1.807) is 4.90 Å². The molecule has 0 bridgehead atoms. The zero-order valence-electron chi connectivity index (χ0n) is 18.2. The third-order valence-electron chi connectivity index (χ3n) is 5.92. The quantitative estimate of drug-likeness (QED) is 0.628. The van der Waals surface area contributed by atoms with E-state index in [1.165, 1.54) is 6.20 Å². The molecule has 7 heteroatoms. The maximum absolute atomic E-state index is 13.4. The van der Waals surface area contributed by atoms with Gasteiger partial charge in [-0.3, -0.25) is 9.59 Å². The number of H-pyrrole nitrogens is 2. The molecule has 2 heterocycles. The van der Waals surface area contributed by atoms with Gasteiger partial charge in [-0.15, -0.1) is 0 Å². The molecule has 2 amide bonds. The zero-order valence-corrected chi connectivity index (χ0v) is 18.2. The van der Waals surface area contributed by atoms with Crippen molar-refractivity contribution in [1.29, 1.82) is 0 Å². The molecule has 1 aliphatic heterocycles. The third kappa shape index (κ3) is 4.66. The molecule has 0 spiro atoms. The Kier molecular flexibility index (Phi) is 6.54. The number of rotatable bonds is 6. The van der Waals surface area contributed by atoms with Crippen molar-refractivity contribution in [2.75, 3.05) is 26.2 Å². The van der Waals surface area contributed by atoms with Crippen LogP contribution in [0.3, 0.4) is 0 Å². The van der Waals surface area contributed by atoms with Gasteiger partial charge in [-0.05, 0) is 29.5 Å². The highest BCUT2D eigenvalue weighted by Gasteiger charge is 2.33. The predicted molar refractivity (Wildman–Crippen MR) is 123 cm³/mol. The first-order valence-corrected chi connectivity index (χ1v) is 11.1. The van der Waals surface area contributed by atoms with Crippen LogP contribution in [0.1, 0.15) is 29.4 Å². The Labute approximate surface area is 187 Å². The second-order valence-corrected chi connectivity index (χ2v) is 8.16. The molecule has 0 radical (unpaired) electrons. The summed E-state index contributed by atoms with van der Waals surface area (Å²) >= 11 is 0. The summed E-state index contributed by atoms with van der Waals surface area (Å²) < 4.78 is 0. The van der Waals surface area contributed by atoms with Gasteiger partial charge in [0.05, 0.1) is 5.92 Å². The van der Waals surface area contributed by atoms with Gasteiger partial charge >= 0.3 is 5.69 Å². The fourth-order valence-electron chi connectivity index (χ4n) is 4.35. The number of carbonyl (C=O) groups is 2. The van der Waals surface area contributed by atoms with Gasteiger partial charge in [0.1, 0.15) is 5.69 Å². The second kappa shape index (κ2) is 9.68. The maximum Gasteiger partial charge on any atom is 0.323 e. The van der Waals surface area contributed by atoms with E-state index in [0.717, 1.165) is 23.1 Å². The van der Waals surface area contributed by atoms with E-state index < -0.39 is 5.69 Å². The molecule has 32 heavy (non-hydrogen) atoms. The highest BCUT2D eigenvalue weighted by Crippen LogP contribution is 2.27. The fourth-order valence-corrected chi connectivity index (χ4v) is 4.35. The standard InChI is InChI=1S/C25H28N4O3/c1-2-12-28-13-14-29(24(31)22-16-26-25(32)27-22)17-20(23(28)30)15-19-10-6-7-11-21(19)18-8-4-3-5-9-18/h3-11,16,20H,2,12-15,17H2,1H3,(H2,26,27,32)/t20-/m0/s1. The minimum absolute atomic E-state index is 0.0765. The lowest BCUT2D eigenvalue weighted by Crippen LogP contribution is -2.38. The Balaban J connectivity index is 1.64. The highest BCUT2D eigenvalue weighted by atomic mass is 16.2. The van der Waals surface area contributed by atoms with E-state index >= 15 is 0 Å². The summed E-state index contributed by atoms with van der Waals surface area (Å²) in [5, 5.41) is 0. The molecular weight excluding hydrogens is 404 g/mol. The number of imidazole rings is 1. The molecule has 0 unspecified atom stereocenters. The molecule has 1 aliphatic rings. The van der Waals surface area contributed by atoms with E-state index in [1.807, 2.05) is 42.2 Å². The van der Waals surface area contributed by atoms with Crippen molar-refractivity contribution >= 4 is 11.8 Å². The minimum Gasteiger partial charge on any atom is -0.341 e. The monoisotopic (exact) mass is 432 g/mol. The van der Waals surface area contributed by atoms with E-state index in [9.17, 15) is 14.4 Å². The highest BCUT2D eigenvalue weighted by molar-refractivity contribution is 5.93. The van der Waals surface area contributed by atoms with Crippen LogP contribution >= 0.6 is 0 Å². The molecule has 166 valence electrons. The van der Waals surface area contributed by atoms with E-state index in [-0.39, 0.29) is 23.4 Å². The van der Waals surface area contributed by atoms with Gasteiger partial charge in [0, 0.05) is 32.4 Å². The molecule has 0 aliphatic carbocycles. The summed E-state index contributed by atoms with van der Waals surface area (Å²) in [5.74, 6) is -0.549. The lowest BCUT2D eigenvalue weighted by Gasteiger charge is -2.24. The first kappa shape index (κ1) is 21.6. The van der Waals surface area contributed by atoms with Crippen molar-refractivity contribution in [1.82, 2.24) is 19.8 Å². The normalized spacial score (nSPS) is 16.8. The number of amides is 2. The average Bonchev–Trinajstić information content (AvgIpc) is 3.20. The summed E-state index contributed by atoms with van der Waals surface area (Å²) in [4.78, 5) is 46.5. The van der Waals surface area contributed by atoms with Gasteiger partial charge in [0.2, 0.25) is 5.91 Å². The van der Waals surface area contributed by atoms with Gasteiger partial charge in [-0.25, -0.2) is 4.79 Å². The molecule has 2 aromatic carbocycles. The molecule has 1 aromatic heterocycles. The third-order valence-corrected chi connectivity index (χ3v) is 5.92. The summed E-state index contributed by atoms with van der Waals surface area (Å²) in [5.41, 5.74) is 3.08. The molecule has 1 saturated heterocycles. The number of hydrogen-bond donors (Lipinski definition) is 2. The van der Waals surface area contributed by atoms with Gasteiger partial charge < -0.3 is 19.8 Å². The van der Waals surface area contributed by atoms with Crippen LogP contribution in [-0.2, 0) is 11.2 Å². The van der Waals surface area contributed by atoms with Crippen LogP contribution in [0, 0.1) is 5.92 Å². The maximum atomic E-state index is 13.4. The summed E-state index contributed by atoms with van der Waals surface area (Å²) in [7, 11) is 0. The first-order chi connectivity index (χ1) is 15.6. The van der Waals surface area contributed by atoms with Crippen LogP contribution in [0.5, 0.6) is 0 Å². The summed E-state index contributed by atoms with van der Waals surface area (Å²) in [6, 6.07) is 18.2. The topological polar surface area (TPSA) is 89.3 Å². The molecule has 7 nitrogen and oxygen atoms in total. The van der Waals surface area contributed by atoms with Crippen LogP contribution in [0.25, 0.3) is 11.1 Å². The van der Waals surface area contributed by atoms with Crippen molar-refractivity contribution in [2.45, 2.75) is 19.8 Å². The number of aromatic nitrogens is 2.